The van der Waals surface area contributed by atoms with Crippen LogP contribution in [-0.2, 0) is 0 Å². The summed E-state index contributed by atoms with van der Waals surface area (Å²) in [6.07, 6.45) is 0. The third-order valence-electron chi connectivity index (χ3n) is 2.69. The first-order chi connectivity index (χ1) is 9.61. The van der Waals surface area contributed by atoms with Crippen LogP contribution >= 0.6 is 0 Å². The van der Waals surface area contributed by atoms with Gasteiger partial charge in [0.1, 0.15) is 17.2 Å². The highest BCUT2D eigenvalue weighted by Gasteiger charge is 2.13. The number of rotatable bonds is 2. The predicted molar refractivity (Wildman–Crippen MR) is 71.0 cm³/mol. The van der Waals surface area contributed by atoms with Crippen LogP contribution in [0.2, 0.25) is 0 Å². The number of nitrogens with zero attached hydrogens (tertiary/aromatic N) is 3. The molecule has 100 valence electrons. The van der Waals surface area contributed by atoms with Gasteiger partial charge in [0.05, 0.1) is 0 Å². The van der Waals surface area contributed by atoms with Gasteiger partial charge >= 0.3 is 0 Å². The van der Waals surface area contributed by atoms with Gasteiger partial charge in [-0.05, 0) is 31.2 Å². The van der Waals surface area contributed by atoms with E-state index in [4.69, 9.17) is 4.52 Å². The van der Waals surface area contributed by atoms with E-state index in [9.17, 15) is 10.2 Å². The van der Waals surface area contributed by atoms with Crippen molar-refractivity contribution in [3.63, 3.8) is 0 Å². The van der Waals surface area contributed by atoms with Crippen LogP contribution in [0.1, 0.15) is 5.69 Å². The molecule has 0 radical (unpaired) electrons. The van der Waals surface area contributed by atoms with Crippen LogP contribution in [0.25, 0.3) is 23.0 Å². The van der Waals surface area contributed by atoms with Crippen molar-refractivity contribution in [2.45, 2.75) is 6.92 Å². The number of hydrogen-bond acceptors (Lipinski definition) is 6. The van der Waals surface area contributed by atoms with Gasteiger partial charge < -0.3 is 14.7 Å². The molecule has 0 aliphatic carbocycles. The van der Waals surface area contributed by atoms with Gasteiger partial charge in [-0.25, -0.2) is 4.98 Å². The standard InChI is InChI=1S/C14H11N3O3/c1-8-3-2-4-12(15-8)13-16-14(20-17-13)9-5-10(18)7-11(19)6-9/h2-7,18-19H,1H3. The predicted octanol–water partition coefficient (Wildman–Crippen LogP) is 2.52. The average Bonchev–Trinajstić information content (AvgIpc) is 2.87. The first-order valence-corrected chi connectivity index (χ1v) is 5.93. The van der Waals surface area contributed by atoms with Gasteiger partial charge in [0, 0.05) is 17.3 Å². The molecule has 6 nitrogen and oxygen atoms in total. The normalized spacial score (nSPS) is 10.7. The molecule has 2 N–H and O–H groups in total. The third-order valence-corrected chi connectivity index (χ3v) is 2.69. The highest BCUT2D eigenvalue weighted by Crippen LogP contribution is 2.28. The Hall–Kier alpha value is -2.89. The van der Waals surface area contributed by atoms with Crippen molar-refractivity contribution in [2.75, 3.05) is 0 Å². The minimum absolute atomic E-state index is 0.0755. The monoisotopic (exact) mass is 269 g/mol. The average molecular weight is 269 g/mol. The molecule has 0 aliphatic rings. The van der Waals surface area contributed by atoms with E-state index in [2.05, 4.69) is 15.1 Å². The summed E-state index contributed by atoms with van der Waals surface area (Å²) >= 11 is 0. The number of aromatic nitrogens is 3. The fraction of sp³-hybridized carbons (Fsp3) is 0.0714. The van der Waals surface area contributed by atoms with Crippen LogP contribution < -0.4 is 0 Å². The van der Waals surface area contributed by atoms with Crippen molar-refractivity contribution >= 4 is 0 Å². The zero-order valence-electron chi connectivity index (χ0n) is 10.6. The van der Waals surface area contributed by atoms with E-state index in [-0.39, 0.29) is 17.4 Å². The molecule has 0 unspecified atom stereocenters. The van der Waals surface area contributed by atoms with Gasteiger partial charge in [-0.2, -0.15) is 4.98 Å². The summed E-state index contributed by atoms with van der Waals surface area (Å²) < 4.78 is 5.13. The molecule has 0 saturated carbocycles. The van der Waals surface area contributed by atoms with E-state index in [1.807, 2.05) is 19.1 Å². The summed E-state index contributed by atoms with van der Waals surface area (Å²) in [6, 6.07) is 9.59. The number of hydrogen-bond donors (Lipinski definition) is 2. The molecule has 2 aromatic heterocycles. The second-order valence-electron chi connectivity index (χ2n) is 4.33. The highest BCUT2D eigenvalue weighted by atomic mass is 16.5. The smallest absolute Gasteiger partial charge is 0.258 e. The SMILES string of the molecule is Cc1cccc(-c2noc(-c3cc(O)cc(O)c3)n2)n1. The summed E-state index contributed by atoms with van der Waals surface area (Å²) in [6.45, 7) is 1.87. The number of benzene rings is 1. The number of aromatic hydroxyl groups is 2. The van der Waals surface area contributed by atoms with Crippen LogP contribution in [0.5, 0.6) is 11.5 Å². The van der Waals surface area contributed by atoms with Gasteiger partial charge in [-0.1, -0.05) is 11.2 Å². The Balaban J connectivity index is 2.02. The highest BCUT2D eigenvalue weighted by molar-refractivity contribution is 5.61. The van der Waals surface area contributed by atoms with Crippen LogP contribution in [-0.4, -0.2) is 25.3 Å². The van der Waals surface area contributed by atoms with Crippen molar-refractivity contribution in [1.82, 2.24) is 15.1 Å². The lowest BCUT2D eigenvalue weighted by Crippen LogP contribution is -1.87. The van der Waals surface area contributed by atoms with Crippen LogP contribution in [0, 0.1) is 6.92 Å². The molecule has 3 aromatic rings. The Labute approximate surface area is 114 Å². The molecule has 6 heteroatoms. The second-order valence-corrected chi connectivity index (χ2v) is 4.33. The molecule has 0 spiro atoms. The molecule has 0 amide bonds. The van der Waals surface area contributed by atoms with Crippen LogP contribution in [0.4, 0.5) is 0 Å². The third kappa shape index (κ3) is 2.31. The first kappa shape index (κ1) is 12.2. The summed E-state index contributed by atoms with van der Waals surface area (Å²) in [7, 11) is 0. The molecule has 0 fully saturated rings. The van der Waals surface area contributed by atoms with E-state index in [1.165, 1.54) is 18.2 Å². The van der Waals surface area contributed by atoms with Gasteiger partial charge in [0.15, 0.2) is 0 Å². The molecule has 1 aromatic carbocycles. The van der Waals surface area contributed by atoms with Crippen molar-refractivity contribution in [1.29, 1.82) is 0 Å². The second kappa shape index (κ2) is 4.65. The van der Waals surface area contributed by atoms with Crippen molar-refractivity contribution in [3.8, 4) is 34.5 Å². The number of phenols is 2. The summed E-state index contributed by atoms with van der Waals surface area (Å²) in [4.78, 5) is 8.51. The maximum atomic E-state index is 9.45. The Bertz CT molecular complexity index is 748. The maximum absolute atomic E-state index is 9.45. The number of phenolic OH excluding ortho intramolecular Hbond substituents is 2. The van der Waals surface area contributed by atoms with Gasteiger partial charge in [-0.3, -0.25) is 0 Å². The van der Waals surface area contributed by atoms with Crippen LogP contribution in [0.3, 0.4) is 0 Å². The fourth-order valence-electron chi connectivity index (χ4n) is 1.83. The largest absolute Gasteiger partial charge is 0.508 e. The molecule has 0 aliphatic heterocycles. The molecule has 3 rings (SSSR count). The van der Waals surface area contributed by atoms with Crippen molar-refractivity contribution in [3.05, 3.63) is 42.1 Å². The van der Waals surface area contributed by atoms with Gasteiger partial charge in [0.2, 0.25) is 5.82 Å². The summed E-state index contributed by atoms with van der Waals surface area (Å²) in [5.41, 5.74) is 1.89. The quantitative estimate of drug-likeness (QED) is 0.742. The minimum atomic E-state index is -0.0755. The Morgan fingerprint density at radius 2 is 1.75 bits per heavy atom. The fourth-order valence-corrected chi connectivity index (χ4v) is 1.83. The molecule has 0 atom stereocenters. The molecular weight excluding hydrogens is 258 g/mol. The first-order valence-electron chi connectivity index (χ1n) is 5.93. The Morgan fingerprint density at radius 3 is 2.45 bits per heavy atom. The lowest BCUT2D eigenvalue weighted by molar-refractivity contribution is 0.428. The molecule has 20 heavy (non-hydrogen) atoms. The minimum Gasteiger partial charge on any atom is -0.508 e. The van der Waals surface area contributed by atoms with E-state index in [0.29, 0.717) is 17.1 Å². The number of aryl methyl sites for hydroxylation is 1. The van der Waals surface area contributed by atoms with E-state index in [1.54, 1.807) is 6.07 Å². The summed E-state index contributed by atoms with van der Waals surface area (Å²) in [5.74, 6) is 0.405. The number of pyridine rings is 1. The van der Waals surface area contributed by atoms with Crippen molar-refractivity contribution in [2.24, 2.45) is 0 Å². The Morgan fingerprint density at radius 1 is 1.00 bits per heavy atom. The Kier molecular flexibility index (Phi) is 2.83. The van der Waals surface area contributed by atoms with E-state index >= 15 is 0 Å². The van der Waals surface area contributed by atoms with E-state index in [0.717, 1.165) is 5.69 Å². The molecular formula is C14H11N3O3. The van der Waals surface area contributed by atoms with Gasteiger partial charge in [0.25, 0.3) is 5.89 Å². The molecule has 0 bridgehead atoms. The lowest BCUT2D eigenvalue weighted by Gasteiger charge is -1.98. The maximum Gasteiger partial charge on any atom is 0.258 e. The van der Waals surface area contributed by atoms with Crippen LogP contribution in [0.15, 0.2) is 40.9 Å². The topological polar surface area (TPSA) is 92.3 Å². The molecule has 0 saturated heterocycles. The van der Waals surface area contributed by atoms with Crippen molar-refractivity contribution < 1.29 is 14.7 Å². The molecule has 2 heterocycles. The van der Waals surface area contributed by atoms with E-state index < -0.39 is 0 Å². The zero-order valence-corrected chi connectivity index (χ0v) is 10.6. The lowest BCUT2D eigenvalue weighted by atomic mass is 10.2. The van der Waals surface area contributed by atoms with Gasteiger partial charge in [-0.15, -0.1) is 0 Å². The zero-order chi connectivity index (χ0) is 14.1. The summed E-state index contributed by atoms with van der Waals surface area (Å²) in [5, 5.41) is 22.8.